The van der Waals surface area contributed by atoms with Crippen molar-refractivity contribution in [2.24, 2.45) is 0 Å². The molecule has 0 saturated heterocycles. The lowest BCUT2D eigenvalue weighted by Gasteiger charge is -2.19. The number of carboxylic acid groups (broad SMARTS) is 1. The highest BCUT2D eigenvalue weighted by Crippen LogP contribution is 2.43. The van der Waals surface area contributed by atoms with E-state index in [9.17, 15) is 26.7 Å². The summed E-state index contributed by atoms with van der Waals surface area (Å²) in [6.07, 6.45) is -7.13. The van der Waals surface area contributed by atoms with Gasteiger partial charge < -0.3 is 5.11 Å². The fourth-order valence-electron chi connectivity index (χ4n) is 1.05. The first-order chi connectivity index (χ1) is 7.64. The maximum absolute atomic E-state index is 12.8. The van der Waals surface area contributed by atoms with Crippen LogP contribution in [0.5, 0.6) is 0 Å². The number of rotatable bonds is 2. The number of nitrogens with one attached hydrogen (secondary N) is 1. The monoisotopic (exact) mass is 255 g/mol. The zero-order valence-corrected chi connectivity index (χ0v) is 8.05. The summed E-state index contributed by atoms with van der Waals surface area (Å²) in [6.45, 7) is 0. The van der Waals surface area contributed by atoms with Crippen LogP contribution < -0.4 is 5.32 Å². The molecule has 0 saturated carbocycles. The van der Waals surface area contributed by atoms with Crippen molar-refractivity contribution in [3.05, 3.63) is 29.8 Å². The molecule has 2 N–H and O–H groups in total. The summed E-state index contributed by atoms with van der Waals surface area (Å²) in [7, 11) is 0. The van der Waals surface area contributed by atoms with E-state index >= 15 is 0 Å². The first-order valence-corrected chi connectivity index (χ1v) is 4.19. The van der Waals surface area contributed by atoms with Crippen LogP contribution >= 0.6 is 0 Å². The maximum Gasteiger partial charge on any atom is 0.458 e. The highest BCUT2D eigenvalue weighted by molar-refractivity contribution is 5.82. The van der Waals surface area contributed by atoms with Crippen molar-refractivity contribution >= 4 is 11.8 Å². The number of hydrogen-bond donors (Lipinski definition) is 2. The van der Waals surface area contributed by atoms with Gasteiger partial charge in [-0.05, 0) is 12.1 Å². The number of benzene rings is 1. The lowest BCUT2D eigenvalue weighted by molar-refractivity contribution is -0.289. The van der Waals surface area contributed by atoms with Crippen LogP contribution in [0.1, 0.15) is 5.56 Å². The largest absolute Gasteiger partial charge is 0.465 e. The van der Waals surface area contributed by atoms with E-state index in [0.717, 1.165) is 12.1 Å². The Hall–Kier alpha value is -1.86. The SMILES string of the molecule is O=C(O)Nc1ccc(C(F)(F)C(F)(F)F)cc1. The molecule has 17 heavy (non-hydrogen) atoms. The quantitative estimate of drug-likeness (QED) is 0.795. The summed E-state index contributed by atoms with van der Waals surface area (Å²) in [5.74, 6) is -4.96. The Balaban J connectivity index is 2.99. The van der Waals surface area contributed by atoms with Gasteiger partial charge in [-0.2, -0.15) is 22.0 Å². The summed E-state index contributed by atoms with van der Waals surface area (Å²) in [6, 6.07) is 2.67. The topological polar surface area (TPSA) is 49.3 Å². The Morgan fingerprint density at radius 1 is 1.06 bits per heavy atom. The van der Waals surface area contributed by atoms with Gasteiger partial charge in [-0.3, -0.25) is 5.32 Å². The van der Waals surface area contributed by atoms with Gasteiger partial charge in [0.1, 0.15) is 0 Å². The Labute approximate surface area is 91.9 Å². The van der Waals surface area contributed by atoms with Crippen LogP contribution in [0.4, 0.5) is 32.4 Å². The molecule has 1 amide bonds. The Morgan fingerprint density at radius 2 is 1.53 bits per heavy atom. The van der Waals surface area contributed by atoms with E-state index in [0.29, 0.717) is 12.1 Å². The van der Waals surface area contributed by atoms with Crippen molar-refractivity contribution < 1.29 is 31.9 Å². The summed E-state index contributed by atoms with van der Waals surface area (Å²) in [5, 5.41) is 10.1. The van der Waals surface area contributed by atoms with Crippen LogP contribution in [-0.4, -0.2) is 17.4 Å². The fraction of sp³-hybridized carbons (Fsp3) is 0.222. The number of hydrogen-bond acceptors (Lipinski definition) is 1. The van der Waals surface area contributed by atoms with Gasteiger partial charge in [0.2, 0.25) is 0 Å². The number of anilines is 1. The number of alkyl halides is 5. The summed E-state index contributed by atoms with van der Waals surface area (Å²) in [4.78, 5) is 10.2. The molecule has 1 rings (SSSR count). The third kappa shape index (κ3) is 2.83. The molecule has 0 unspecified atom stereocenters. The van der Waals surface area contributed by atoms with Gasteiger partial charge in [-0.15, -0.1) is 0 Å². The van der Waals surface area contributed by atoms with E-state index in [2.05, 4.69) is 0 Å². The average Bonchev–Trinajstić information content (AvgIpc) is 2.15. The van der Waals surface area contributed by atoms with Crippen molar-refractivity contribution in [2.75, 3.05) is 5.32 Å². The average molecular weight is 255 g/mol. The van der Waals surface area contributed by atoms with E-state index in [-0.39, 0.29) is 5.69 Å². The lowest BCUT2D eigenvalue weighted by atomic mass is 10.1. The zero-order valence-electron chi connectivity index (χ0n) is 8.05. The van der Waals surface area contributed by atoms with Crippen molar-refractivity contribution in [3.8, 4) is 0 Å². The molecule has 3 nitrogen and oxygen atoms in total. The molecule has 0 bridgehead atoms. The number of amides is 1. The van der Waals surface area contributed by atoms with E-state index in [1.54, 1.807) is 0 Å². The van der Waals surface area contributed by atoms with Crippen LogP contribution in [0, 0.1) is 0 Å². The molecule has 0 radical (unpaired) electrons. The maximum atomic E-state index is 12.8. The van der Waals surface area contributed by atoms with Gasteiger partial charge in [-0.1, -0.05) is 12.1 Å². The third-order valence-electron chi connectivity index (χ3n) is 1.85. The van der Waals surface area contributed by atoms with E-state index in [4.69, 9.17) is 5.11 Å². The molecule has 0 spiro atoms. The second kappa shape index (κ2) is 4.19. The molecular formula is C9H6F5NO2. The van der Waals surface area contributed by atoms with E-state index < -0.39 is 23.8 Å². The van der Waals surface area contributed by atoms with Crippen molar-refractivity contribution in [1.29, 1.82) is 0 Å². The van der Waals surface area contributed by atoms with Crippen molar-refractivity contribution in [3.63, 3.8) is 0 Å². The second-order valence-corrected chi connectivity index (χ2v) is 3.08. The Bertz CT molecular complexity index is 412. The predicted molar refractivity (Wildman–Crippen MR) is 48.0 cm³/mol. The molecule has 94 valence electrons. The highest BCUT2D eigenvalue weighted by Gasteiger charge is 2.58. The Morgan fingerprint density at radius 3 is 1.88 bits per heavy atom. The second-order valence-electron chi connectivity index (χ2n) is 3.08. The standard InChI is InChI=1S/C9H6F5NO2/c10-8(11,9(12,13)14)5-1-3-6(4-2-5)15-7(16)17/h1-4,15H,(H,16,17). The van der Waals surface area contributed by atoms with Gasteiger partial charge in [0.15, 0.2) is 0 Å². The van der Waals surface area contributed by atoms with Gasteiger partial charge in [0.05, 0.1) is 0 Å². The van der Waals surface area contributed by atoms with Crippen LogP contribution in [0.25, 0.3) is 0 Å². The van der Waals surface area contributed by atoms with Crippen LogP contribution in [0.2, 0.25) is 0 Å². The molecule has 0 heterocycles. The molecule has 0 aliphatic rings. The first-order valence-electron chi connectivity index (χ1n) is 4.19. The number of carbonyl (C=O) groups is 1. The highest BCUT2D eigenvalue weighted by atomic mass is 19.4. The molecule has 1 aromatic rings. The first kappa shape index (κ1) is 13.2. The molecule has 1 aromatic carbocycles. The van der Waals surface area contributed by atoms with Crippen LogP contribution in [-0.2, 0) is 5.92 Å². The minimum absolute atomic E-state index is 0.0979. The summed E-state index contributed by atoms with van der Waals surface area (Å²) in [5.41, 5.74) is -1.35. The normalized spacial score (nSPS) is 12.3. The molecule has 0 aliphatic carbocycles. The predicted octanol–water partition coefficient (Wildman–Crippen LogP) is 3.43. The van der Waals surface area contributed by atoms with Crippen molar-refractivity contribution in [2.45, 2.75) is 12.1 Å². The molecule has 8 heteroatoms. The van der Waals surface area contributed by atoms with Gasteiger partial charge >= 0.3 is 18.2 Å². The lowest BCUT2D eigenvalue weighted by Crippen LogP contribution is -2.33. The minimum atomic E-state index is -5.69. The van der Waals surface area contributed by atoms with Gasteiger partial charge in [-0.25, -0.2) is 4.79 Å². The molecular weight excluding hydrogens is 249 g/mol. The Kier molecular flexibility index (Phi) is 3.25. The molecule has 0 atom stereocenters. The van der Waals surface area contributed by atoms with Crippen LogP contribution in [0.3, 0.4) is 0 Å². The van der Waals surface area contributed by atoms with Crippen molar-refractivity contribution in [1.82, 2.24) is 0 Å². The van der Waals surface area contributed by atoms with Gasteiger partial charge in [0.25, 0.3) is 0 Å². The molecule has 0 aliphatic heterocycles. The fourth-order valence-corrected chi connectivity index (χ4v) is 1.05. The third-order valence-corrected chi connectivity index (χ3v) is 1.85. The molecule has 0 fully saturated rings. The zero-order chi connectivity index (χ0) is 13.3. The van der Waals surface area contributed by atoms with E-state index in [1.165, 1.54) is 0 Å². The summed E-state index contributed by atoms with van der Waals surface area (Å²) >= 11 is 0. The minimum Gasteiger partial charge on any atom is -0.465 e. The van der Waals surface area contributed by atoms with Crippen LogP contribution in [0.15, 0.2) is 24.3 Å². The number of halogens is 5. The molecule has 0 aromatic heterocycles. The van der Waals surface area contributed by atoms with E-state index in [1.807, 2.05) is 5.32 Å². The van der Waals surface area contributed by atoms with Gasteiger partial charge in [0, 0.05) is 11.3 Å². The smallest absolute Gasteiger partial charge is 0.458 e. The summed E-state index contributed by atoms with van der Waals surface area (Å²) < 4.78 is 61.5.